The van der Waals surface area contributed by atoms with Gasteiger partial charge in [-0.15, -0.1) is 0 Å². The first kappa shape index (κ1) is 24.7. The van der Waals surface area contributed by atoms with Crippen molar-refractivity contribution in [1.29, 1.82) is 0 Å². The summed E-state index contributed by atoms with van der Waals surface area (Å²) in [7, 11) is 0. The van der Waals surface area contributed by atoms with E-state index in [1.807, 2.05) is 19.9 Å². The highest BCUT2D eigenvalue weighted by atomic mass is 19.4. The Morgan fingerprint density at radius 1 is 1.15 bits per heavy atom. The Labute approximate surface area is 192 Å². The molecule has 1 saturated carbocycles. The van der Waals surface area contributed by atoms with Crippen molar-refractivity contribution in [3.05, 3.63) is 52.7 Å². The number of pyridine rings is 1. The first-order valence-corrected chi connectivity index (χ1v) is 11.2. The number of rotatable bonds is 8. The minimum atomic E-state index is -4.60. The third kappa shape index (κ3) is 6.12. The molecule has 1 fully saturated rings. The molecule has 33 heavy (non-hydrogen) atoms. The zero-order chi connectivity index (χ0) is 24.2. The van der Waals surface area contributed by atoms with Crippen molar-refractivity contribution in [2.75, 3.05) is 13.2 Å². The maximum Gasteiger partial charge on any atom is 0.416 e. The van der Waals surface area contributed by atoms with E-state index in [1.165, 1.54) is 0 Å². The van der Waals surface area contributed by atoms with E-state index in [0.29, 0.717) is 12.1 Å². The van der Waals surface area contributed by atoms with E-state index in [4.69, 9.17) is 4.74 Å². The van der Waals surface area contributed by atoms with E-state index >= 15 is 0 Å². The number of ether oxygens (including phenoxy) is 1. The molecule has 2 aromatic rings. The number of aromatic nitrogens is 1. The SMILES string of the molecule is CCOC(=O)Cc1cc(C(F)(F)F)cc(-c2ccc(C)cc2CN(CC)C(=O)C2CCC2)n1. The summed E-state index contributed by atoms with van der Waals surface area (Å²) in [5, 5.41) is 0. The van der Waals surface area contributed by atoms with Crippen LogP contribution in [0, 0.1) is 12.8 Å². The highest BCUT2D eigenvalue weighted by Gasteiger charge is 2.33. The van der Waals surface area contributed by atoms with Crippen LogP contribution in [-0.2, 0) is 33.5 Å². The number of hydrogen-bond acceptors (Lipinski definition) is 4. The van der Waals surface area contributed by atoms with Gasteiger partial charge in [-0.3, -0.25) is 14.6 Å². The molecule has 178 valence electrons. The van der Waals surface area contributed by atoms with E-state index in [-0.39, 0.29) is 42.8 Å². The predicted molar refractivity (Wildman–Crippen MR) is 118 cm³/mol. The molecule has 1 aromatic heterocycles. The molecular weight excluding hydrogens is 433 g/mol. The quantitative estimate of drug-likeness (QED) is 0.498. The standard InChI is InChI=1S/C25H29F3N2O3/c1-4-30(24(32)17-7-6-8-17)15-18-11-16(3)9-10-21(18)22-13-19(25(26,27)28)12-20(29-22)14-23(31)33-5-2/h9-13,17H,4-8,14-15H2,1-3H3. The Morgan fingerprint density at radius 2 is 1.88 bits per heavy atom. The number of benzene rings is 1. The minimum absolute atomic E-state index is 0.0114. The molecule has 0 radical (unpaired) electrons. The summed E-state index contributed by atoms with van der Waals surface area (Å²) >= 11 is 0. The van der Waals surface area contributed by atoms with Crippen LogP contribution in [0.15, 0.2) is 30.3 Å². The Hall–Kier alpha value is -2.90. The van der Waals surface area contributed by atoms with Crippen LogP contribution in [0.2, 0.25) is 0 Å². The number of halogens is 3. The van der Waals surface area contributed by atoms with E-state index in [9.17, 15) is 22.8 Å². The van der Waals surface area contributed by atoms with Crippen LogP contribution in [0.1, 0.15) is 55.5 Å². The molecule has 0 atom stereocenters. The minimum Gasteiger partial charge on any atom is -0.466 e. The Balaban J connectivity index is 2.02. The van der Waals surface area contributed by atoms with Gasteiger partial charge < -0.3 is 9.64 Å². The van der Waals surface area contributed by atoms with Crippen molar-refractivity contribution in [2.45, 2.75) is 59.2 Å². The van der Waals surface area contributed by atoms with Crippen molar-refractivity contribution in [2.24, 2.45) is 5.92 Å². The van der Waals surface area contributed by atoms with Gasteiger partial charge in [0, 0.05) is 24.6 Å². The van der Waals surface area contributed by atoms with Crippen molar-refractivity contribution in [3.8, 4) is 11.3 Å². The average Bonchev–Trinajstić information content (AvgIpc) is 2.70. The molecule has 1 aliphatic rings. The molecule has 0 spiro atoms. The van der Waals surface area contributed by atoms with Crippen LogP contribution in [0.4, 0.5) is 13.2 Å². The fourth-order valence-electron chi connectivity index (χ4n) is 3.91. The zero-order valence-electron chi connectivity index (χ0n) is 19.2. The molecule has 1 aliphatic carbocycles. The first-order chi connectivity index (χ1) is 15.6. The Morgan fingerprint density at radius 3 is 2.45 bits per heavy atom. The van der Waals surface area contributed by atoms with Crippen LogP contribution in [0.25, 0.3) is 11.3 Å². The normalized spacial score (nSPS) is 14.0. The summed E-state index contributed by atoms with van der Waals surface area (Å²) in [5.74, 6) is -0.528. The maximum atomic E-state index is 13.6. The number of aryl methyl sites for hydroxylation is 1. The second kappa shape index (κ2) is 10.4. The molecule has 1 amide bonds. The molecule has 3 rings (SSSR count). The lowest BCUT2D eigenvalue weighted by molar-refractivity contribution is -0.143. The fourth-order valence-corrected chi connectivity index (χ4v) is 3.91. The lowest BCUT2D eigenvalue weighted by Crippen LogP contribution is -2.38. The molecule has 1 heterocycles. The first-order valence-electron chi connectivity index (χ1n) is 11.2. The molecule has 5 nitrogen and oxygen atoms in total. The summed E-state index contributed by atoms with van der Waals surface area (Å²) in [4.78, 5) is 30.8. The van der Waals surface area contributed by atoms with Crippen LogP contribution in [-0.4, -0.2) is 34.9 Å². The lowest BCUT2D eigenvalue weighted by atomic mass is 9.84. The molecule has 0 unspecified atom stereocenters. The second-order valence-corrected chi connectivity index (χ2v) is 8.35. The van der Waals surface area contributed by atoms with Gasteiger partial charge in [-0.05, 0) is 51.3 Å². The number of alkyl halides is 3. The maximum absolute atomic E-state index is 13.6. The van der Waals surface area contributed by atoms with Gasteiger partial charge in [0.2, 0.25) is 5.91 Å². The van der Waals surface area contributed by atoms with Crippen molar-refractivity contribution < 1.29 is 27.5 Å². The smallest absolute Gasteiger partial charge is 0.416 e. The summed E-state index contributed by atoms with van der Waals surface area (Å²) in [6.07, 6.45) is -2.15. The summed E-state index contributed by atoms with van der Waals surface area (Å²) in [6.45, 7) is 6.34. The second-order valence-electron chi connectivity index (χ2n) is 8.35. The van der Waals surface area contributed by atoms with E-state index in [2.05, 4.69) is 4.98 Å². The van der Waals surface area contributed by atoms with Gasteiger partial charge in [-0.2, -0.15) is 13.2 Å². The van der Waals surface area contributed by atoms with Crippen LogP contribution in [0.3, 0.4) is 0 Å². The molecule has 1 aromatic carbocycles. The number of amides is 1. The monoisotopic (exact) mass is 462 g/mol. The van der Waals surface area contributed by atoms with Crippen molar-refractivity contribution in [3.63, 3.8) is 0 Å². The highest BCUT2D eigenvalue weighted by molar-refractivity contribution is 5.80. The number of nitrogens with zero attached hydrogens (tertiary/aromatic N) is 2. The predicted octanol–water partition coefficient (Wildman–Crippen LogP) is 5.33. The van der Waals surface area contributed by atoms with Crippen LogP contribution in [0.5, 0.6) is 0 Å². The number of hydrogen-bond donors (Lipinski definition) is 0. The molecule has 0 saturated heterocycles. The Kier molecular flexibility index (Phi) is 7.76. The third-order valence-corrected chi connectivity index (χ3v) is 5.88. The number of esters is 1. The van der Waals surface area contributed by atoms with Crippen molar-refractivity contribution in [1.82, 2.24) is 9.88 Å². The molecule has 0 N–H and O–H groups in total. The summed E-state index contributed by atoms with van der Waals surface area (Å²) in [5.41, 5.74) is 1.39. The van der Waals surface area contributed by atoms with Gasteiger partial charge in [0.25, 0.3) is 0 Å². The number of carbonyl (C=O) groups excluding carboxylic acids is 2. The van der Waals surface area contributed by atoms with Gasteiger partial charge >= 0.3 is 12.1 Å². The zero-order valence-corrected chi connectivity index (χ0v) is 19.2. The average molecular weight is 463 g/mol. The van der Waals surface area contributed by atoms with Crippen LogP contribution >= 0.6 is 0 Å². The van der Waals surface area contributed by atoms with Gasteiger partial charge in [0.15, 0.2) is 0 Å². The van der Waals surface area contributed by atoms with Gasteiger partial charge in [-0.25, -0.2) is 0 Å². The van der Waals surface area contributed by atoms with Gasteiger partial charge in [0.05, 0.1) is 30.0 Å². The molecular formula is C25H29F3N2O3. The number of carbonyl (C=O) groups is 2. The van der Waals surface area contributed by atoms with Gasteiger partial charge in [-0.1, -0.05) is 30.2 Å². The summed E-state index contributed by atoms with van der Waals surface area (Å²) in [6, 6.07) is 7.28. The largest absolute Gasteiger partial charge is 0.466 e. The Bertz CT molecular complexity index is 1020. The fraction of sp³-hybridized carbons (Fsp3) is 0.480. The van der Waals surface area contributed by atoms with E-state index in [0.717, 1.165) is 42.5 Å². The van der Waals surface area contributed by atoms with Crippen molar-refractivity contribution >= 4 is 11.9 Å². The molecule has 8 heteroatoms. The lowest BCUT2D eigenvalue weighted by Gasteiger charge is -2.31. The highest BCUT2D eigenvalue weighted by Crippen LogP contribution is 2.34. The van der Waals surface area contributed by atoms with E-state index < -0.39 is 17.7 Å². The van der Waals surface area contributed by atoms with Gasteiger partial charge in [0.1, 0.15) is 0 Å². The van der Waals surface area contributed by atoms with Crippen LogP contribution < -0.4 is 0 Å². The third-order valence-electron chi connectivity index (χ3n) is 5.88. The van der Waals surface area contributed by atoms with E-state index in [1.54, 1.807) is 24.0 Å². The topological polar surface area (TPSA) is 59.5 Å². The summed E-state index contributed by atoms with van der Waals surface area (Å²) < 4.78 is 45.7. The molecule has 0 aliphatic heterocycles. The molecule has 0 bridgehead atoms.